The number of nitrogens with zero attached hydrogens (tertiary/aromatic N) is 4. The number of hydrogen-bond donors (Lipinski definition) is 1. The minimum Gasteiger partial charge on any atom is -0.368 e. The van der Waals surface area contributed by atoms with E-state index >= 15 is 0 Å². The van der Waals surface area contributed by atoms with Gasteiger partial charge in [0.25, 0.3) is 10.0 Å². The van der Waals surface area contributed by atoms with Gasteiger partial charge in [0, 0.05) is 31.9 Å². The minimum absolute atomic E-state index is 0.333. The Balaban J connectivity index is 1.35. The molecule has 0 atom stereocenters. The summed E-state index contributed by atoms with van der Waals surface area (Å²) in [5.74, 6) is 0.602. The van der Waals surface area contributed by atoms with Gasteiger partial charge in [-0.3, -0.25) is 4.72 Å². The van der Waals surface area contributed by atoms with Crippen molar-refractivity contribution in [2.45, 2.75) is 0 Å². The molecule has 2 heterocycles. The van der Waals surface area contributed by atoms with Crippen LogP contribution in [0.15, 0.2) is 78.5 Å². The summed E-state index contributed by atoms with van der Waals surface area (Å²) in [6.45, 7) is 3.37. The highest BCUT2D eigenvalue weighted by Gasteiger charge is 2.19. The fourth-order valence-corrected chi connectivity index (χ4v) is 4.11. The van der Waals surface area contributed by atoms with Gasteiger partial charge >= 0.3 is 0 Å². The summed E-state index contributed by atoms with van der Waals surface area (Å²) in [5.41, 5.74) is 2.36. The first-order valence-corrected chi connectivity index (χ1v) is 11.3. The molecular weight excluding hydrogens is 398 g/mol. The maximum absolute atomic E-state index is 12.3. The van der Waals surface area contributed by atoms with Crippen LogP contribution < -0.4 is 14.5 Å². The standard InChI is InChI=1S/C22H23N5O2S/c28-30(29,16-11-19-7-3-1-4-8-19)25-20-17-23-22(24-18-20)27-14-12-26(13-15-27)21-9-5-2-6-10-21/h1-11,16-18,25H,12-15H2/b16-11+. The van der Waals surface area contributed by atoms with Crippen LogP contribution in [-0.4, -0.2) is 44.6 Å². The molecule has 0 bridgehead atoms. The predicted molar refractivity (Wildman–Crippen MR) is 121 cm³/mol. The number of nitrogens with one attached hydrogen (secondary N) is 1. The molecule has 0 amide bonds. The highest BCUT2D eigenvalue weighted by molar-refractivity contribution is 7.95. The number of rotatable bonds is 6. The summed E-state index contributed by atoms with van der Waals surface area (Å²) in [7, 11) is -3.64. The molecule has 0 unspecified atom stereocenters. The second-order valence-electron chi connectivity index (χ2n) is 6.94. The third kappa shape index (κ3) is 5.15. The minimum atomic E-state index is -3.64. The van der Waals surface area contributed by atoms with Gasteiger partial charge in [0.05, 0.1) is 23.5 Å². The van der Waals surface area contributed by atoms with Crippen LogP contribution in [0.1, 0.15) is 5.56 Å². The Morgan fingerprint density at radius 1 is 0.800 bits per heavy atom. The molecule has 3 aromatic rings. The summed E-state index contributed by atoms with van der Waals surface area (Å²) in [4.78, 5) is 13.1. The molecule has 0 aliphatic carbocycles. The van der Waals surface area contributed by atoms with Crippen LogP contribution in [0.4, 0.5) is 17.3 Å². The highest BCUT2D eigenvalue weighted by Crippen LogP contribution is 2.18. The molecule has 1 N–H and O–H groups in total. The van der Waals surface area contributed by atoms with Crippen molar-refractivity contribution < 1.29 is 8.42 Å². The summed E-state index contributed by atoms with van der Waals surface area (Å²) in [6, 6.07) is 19.6. The van der Waals surface area contributed by atoms with Crippen molar-refractivity contribution in [2.24, 2.45) is 0 Å². The van der Waals surface area contributed by atoms with Gasteiger partial charge < -0.3 is 9.80 Å². The van der Waals surface area contributed by atoms with E-state index in [1.807, 2.05) is 48.5 Å². The summed E-state index contributed by atoms with van der Waals surface area (Å²) >= 11 is 0. The molecule has 1 aliphatic heterocycles. The quantitative estimate of drug-likeness (QED) is 0.659. The third-order valence-corrected chi connectivity index (χ3v) is 5.84. The first-order valence-electron chi connectivity index (χ1n) is 9.72. The molecule has 1 aromatic heterocycles. The fourth-order valence-electron chi connectivity index (χ4n) is 3.27. The van der Waals surface area contributed by atoms with Crippen molar-refractivity contribution in [3.05, 3.63) is 84.0 Å². The van der Waals surface area contributed by atoms with Gasteiger partial charge in [-0.1, -0.05) is 48.5 Å². The average Bonchev–Trinajstić information content (AvgIpc) is 2.80. The first kappa shape index (κ1) is 19.9. The van der Waals surface area contributed by atoms with Gasteiger partial charge in [0.2, 0.25) is 5.95 Å². The van der Waals surface area contributed by atoms with Crippen LogP contribution in [0.25, 0.3) is 6.08 Å². The zero-order chi connectivity index (χ0) is 20.8. The number of sulfonamides is 1. The smallest absolute Gasteiger partial charge is 0.255 e. The Morgan fingerprint density at radius 3 is 2.00 bits per heavy atom. The number of piperazine rings is 1. The molecule has 30 heavy (non-hydrogen) atoms. The van der Waals surface area contributed by atoms with Crippen molar-refractivity contribution in [2.75, 3.05) is 40.7 Å². The Morgan fingerprint density at radius 2 is 1.37 bits per heavy atom. The highest BCUT2D eigenvalue weighted by atomic mass is 32.2. The Kier molecular flexibility index (Phi) is 5.94. The SMILES string of the molecule is O=S(=O)(/C=C/c1ccccc1)Nc1cnc(N2CCN(c3ccccc3)CC2)nc1. The summed E-state index contributed by atoms with van der Waals surface area (Å²) in [5, 5.41) is 1.14. The maximum atomic E-state index is 12.3. The second kappa shape index (κ2) is 8.96. The van der Waals surface area contributed by atoms with Gasteiger partial charge in [0.15, 0.2) is 0 Å². The van der Waals surface area contributed by atoms with E-state index in [0.717, 1.165) is 37.2 Å². The molecule has 1 aliphatic rings. The molecule has 0 radical (unpaired) electrons. The van der Waals surface area contributed by atoms with Crippen LogP contribution in [-0.2, 0) is 10.0 Å². The Hall–Kier alpha value is -3.39. The van der Waals surface area contributed by atoms with Crippen LogP contribution in [0.3, 0.4) is 0 Å². The van der Waals surface area contributed by atoms with Gasteiger partial charge in [-0.25, -0.2) is 18.4 Å². The summed E-state index contributed by atoms with van der Waals surface area (Å²) in [6.07, 6.45) is 4.55. The number of hydrogen-bond acceptors (Lipinski definition) is 6. The van der Waals surface area contributed by atoms with E-state index in [-0.39, 0.29) is 0 Å². The Labute approximate surface area is 176 Å². The van der Waals surface area contributed by atoms with E-state index in [0.29, 0.717) is 11.6 Å². The monoisotopic (exact) mass is 421 g/mol. The van der Waals surface area contributed by atoms with E-state index in [1.54, 1.807) is 6.08 Å². The van der Waals surface area contributed by atoms with Gasteiger partial charge in [-0.05, 0) is 23.8 Å². The number of anilines is 3. The van der Waals surface area contributed by atoms with Crippen LogP contribution in [0, 0.1) is 0 Å². The van der Waals surface area contributed by atoms with Gasteiger partial charge in [-0.2, -0.15) is 0 Å². The molecule has 1 saturated heterocycles. The molecule has 4 rings (SSSR count). The van der Waals surface area contributed by atoms with Crippen molar-refractivity contribution in [1.82, 2.24) is 9.97 Å². The lowest BCUT2D eigenvalue weighted by Gasteiger charge is -2.36. The second-order valence-corrected chi connectivity index (χ2v) is 8.51. The zero-order valence-corrected chi connectivity index (χ0v) is 17.2. The van der Waals surface area contributed by atoms with E-state index < -0.39 is 10.0 Å². The lowest BCUT2D eigenvalue weighted by atomic mass is 10.2. The number of aromatic nitrogens is 2. The normalized spacial score (nSPS) is 14.8. The lowest BCUT2D eigenvalue weighted by Crippen LogP contribution is -2.47. The maximum Gasteiger partial charge on any atom is 0.255 e. The predicted octanol–water partition coefficient (Wildman–Crippen LogP) is 3.22. The molecular formula is C22H23N5O2S. The molecule has 1 fully saturated rings. The number of para-hydroxylation sites is 1. The van der Waals surface area contributed by atoms with Crippen LogP contribution >= 0.6 is 0 Å². The van der Waals surface area contributed by atoms with Crippen molar-refractivity contribution >= 4 is 33.4 Å². The molecule has 2 aromatic carbocycles. The summed E-state index contributed by atoms with van der Waals surface area (Å²) < 4.78 is 27.0. The third-order valence-electron chi connectivity index (χ3n) is 4.82. The van der Waals surface area contributed by atoms with Crippen molar-refractivity contribution in [3.8, 4) is 0 Å². The molecule has 7 nitrogen and oxygen atoms in total. The number of benzene rings is 2. The van der Waals surface area contributed by atoms with E-state index in [1.165, 1.54) is 18.1 Å². The molecule has 154 valence electrons. The van der Waals surface area contributed by atoms with E-state index in [9.17, 15) is 8.42 Å². The molecule has 0 saturated carbocycles. The van der Waals surface area contributed by atoms with E-state index in [4.69, 9.17) is 0 Å². The molecule has 8 heteroatoms. The Bertz CT molecular complexity index is 1080. The largest absolute Gasteiger partial charge is 0.368 e. The van der Waals surface area contributed by atoms with Gasteiger partial charge in [-0.15, -0.1) is 0 Å². The molecule has 0 spiro atoms. The zero-order valence-electron chi connectivity index (χ0n) is 16.4. The van der Waals surface area contributed by atoms with Crippen molar-refractivity contribution in [3.63, 3.8) is 0 Å². The lowest BCUT2D eigenvalue weighted by molar-refractivity contribution is 0.609. The van der Waals surface area contributed by atoms with Crippen LogP contribution in [0.2, 0.25) is 0 Å². The first-order chi connectivity index (χ1) is 14.6. The average molecular weight is 422 g/mol. The fraction of sp³-hybridized carbons (Fsp3) is 0.182. The van der Waals surface area contributed by atoms with E-state index in [2.05, 4.69) is 36.6 Å². The van der Waals surface area contributed by atoms with Crippen LogP contribution in [0.5, 0.6) is 0 Å². The van der Waals surface area contributed by atoms with Gasteiger partial charge in [0.1, 0.15) is 0 Å². The van der Waals surface area contributed by atoms with Crippen molar-refractivity contribution in [1.29, 1.82) is 0 Å². The topological polar surface area (TPSA) is 78.4 Å².